The van der Waals surface area contributed by atoms with Crippen molar-refractivity contribution >= 4 is 10.9 Å². The second-order valence-corrected chi connectivity index (χ2v) is 8.33. The molecule has 1 aliphatic carbocycles. The number of aliphatic hydroxyl groups excluding tert-OH is 1. The Morgan fingerprint density at radius 2 is 1.73 bits per heavy atom. The van der Waals surface area contributed by atoms with Crippen LogP contribution < -0.4 is 10.9 Å². The zero-order valence-electron chi connectivity index (χ0n) is 17.7. The quantitative estimate of drug-likeness (QED) is 0.485. The molecule has 0 amide bonds. The van der Waals surface area contributed by atoms with E-state index in [1.54, 1.807) is 12.1 Å². The lowest BCUT2D eigenvalue weighted by Crippen LogP contribution is -2.27. The van der Waals surface area contributed by atoms with Crippen LogP contribution in [0.15, 0.2) is 41.2 Å². The second-order valence-electron chi connectivity index (χ2n) is 8.33. The number of aromatic hydroxyl groups is 1. The lowest BCUT2D eigenvalue weighted by molar-refractivity contribution is 0.174. The Labute approximate surface area is 176 Å². The van der Waals surface area contributed by atoms with Gasteiger partial charge < -0.3 is 20.5 Å². The molecule has 1 heterocycles. The first-order valence-corrected chi connectivity index (χ1v) is 10.9. The van der Waals surface area contributed by atoms with E-state index in [1.807, 2.05) is 0 Å². The molecule has 0 saturated heterocycles. The topological polar surface area (TPSA) is 85.3 Å². The number of fused-ring (bicyclic) bond motifs is 2. The molecular formula is C25H30N2O3. The highest BCUT2D eigenvalue weighted by atomic mass is 16.3. The summed E-state index contributed by atoms with van der Waals surface area (Å²) in [5.74, 6) is 0.546. The number of hydrogen-bond donors (Lipinski definition) is 4. The smallest absolute Gasteiger partial charge is 0.248 e. The van der Waals surface area contributed by atoms with Gasteiger partial charge in [-0.25, -0.2) is 0 Å². The fourth-order valence-corrected chi connectivity index (χ4v) is 4.75. The Morgan fingerprint density at radius 3 is 2.37 bits per heavy atom. The zero-order chi connectivity index (χ0) is 21.3. The summed E-state index contributed by atoms with van der Waals surface area (Å²) in [4.78, 5) is 14.2. The molecule has 30 heavy (non-hydrogen) atoms. The minimum Gasteiger partial charge on any atom is -0.506 e. The number of benzene rings is 2. The van der Waals surface area contributed by atoms with Crippen LogP contribution in [-0.2, 0) is 25.7 Å². The number of aryl methyl sites for hydroxylation is 2. The molecule has 0 bridgehead atoms. The number of aromatic nitrogens is 1. The summed E-state index contributed by atoms with van der Waals surface area (Å²) in [6, 6.07) is 11.1. The van der Waals surface area contributed by atoms with Gasteiger partial charge in [-0.1, -0.05) is 32.0 Å². The number of phenolic OH excluding ortho intramolecular Hbond substituents is 1. The molecule has 0 saturated carbocycles. The Kier molecular flexibility index (Phi) is 5.93. The van der Waals surface area contributed by atoms with Crippen molar-refractivity contribution in [2.75, 3.05) is 13.1 Å². The predicted octanol–water partition coefficient (Wildman–Crippen LogP) is 3.40. The first kappa shape index (κ1) is 20.6. The van der Waals surface area contributed by atoms with Gasteiger partial charge in [0, 0.05) is 18.0 Å². The molecule has 0 unspecified atom stereocenters. The third-order valence-electron chi connectivity index (χ3n) is 6.34. The van der Waals surface area contributed by atoms with E-state index in [4.69, 9.17) is 0 Å². The number of nitrogens with one attached hydrogen (secondary N) is 2. The molecule has 1 aromatic heterocycles. The van der Waals surface area contributed by atoms with Crippen molar-refractivity contribution in [1.29, 1.82) is 0 Å². The molecule has 4 rings (SSSR count). The van der Waals surface area contributed by atoms with Gasteiger partial charge in [-0.3, -0.25) is 4.79 Å². The van der Waals surface area contributed by atoms with E-state index in [-0.39, 0.29) is 11.3 Å². The predicted molar refractivity (Wildman–Crippen MR) is 120 cm³/mol. The summed E-state index contributed by atoms with van der Waals surface area (Å²) < 4.78 is 0. The summed E-state index contributed by atoms with van der Waals surface area (Å²) in [6.07, 6.45) is 3.60. The van der Waals surface area contributed by atoms with E-state index in [0.717, 1.165) is 32.2 Å². The van der Waals surface area contributed by atoms with Gasteiger partial charge in [0.25, 0.3) is 0 Å². The monoisotopic (exact) mass is 406 g/mol. The summed E-state index contributed by atoms with van der Waals surface area (Å²) in [7, 11) is 0. The molecule has 5 heteroatoms. The maximum atomic E-state index is 11.6. The Hall–Kier alpha value is -2.63. The lowest BCUT2D eigenvalue weighted by Gasteiger charge is -2.17. The third-order valence-corrected chi connectivity index (χ3v) is 6.34. The molecule has 5 nitrogen and oxygen atoms in total. The number of H-pyrrole nitrogens is 1. The van der Waals surface area contributed by atoms with Crippen LogP contribution in [0.5, 0.6) is 5.75 Å². The standard InChI is InChI=1S/C25H30N2O3/c1-3-16-11-18-9-15(10-19(18)12-17(16)4-2)13-26-14-23(29)20-5-7-22(28)25-21(20)6-8-24(30)27-25/h5-8,11-12,15,23,26,28-29H,3-4,9-10,13-14H2,1-2H3,(H,27,30)/t23-/m0/s1. The van der Waals surface area contributed by atoms with Gasteiger partial charge >= 0.3 is 0 Å². The molecule has 1 atom stereocenters. The second kappa shape index (κ2) is 8.62. The fraction of sp³-hybridized carbons (Fsp3) is 0.400. The normalized spacial score (nSPS) is 14.9. The first-order chi connectivity index (χ1) is 14.5. The molecule has 0 radical (unpaired) electrons. The molecule has 1 aliphatic rings. The summed E-state index contributed by atoms with van der Waals surface area (Å²) in [5.41, 5.74) is 6.68. The summed E-state index contributed by atoms with van der Waals surface area (Å²) in [5, 5.41) is 24.8. The third kappa shape index (κ3) is 4.00. The van der Waals surface area contributed by atoms with Crippen molar-refractivity contribution in [3.05, 3.63) is 74.6 Å². The number of rotatable bonds is 7. The fourth-order valence-electron chi connectivity index (χ4n) is 4.75. The highest BCUT2D eigenvalue weighted by molar-refractivity contribution is 5.87. The van der Waals surface area contributed by atoms with Crippen LogP contribution in [0.1, 0.15) is 47.8 Å². The minimum absolute atomic E-state index is 0.00762. The maximum absolute atomic E-state index is 11.6. The van der Waals surface area contributed by atoms with E-state index in [0.29, 0.717) is 28.9 Å². The zero-order valence-corrected chi connectivity index (χ0v) is 17.7. The summed E-state index contributed by atoms with van der Waals surface area (Å²) >= 11 is 0. The van der Waals surface area contributed by atoms with E-state index in [1.165, 1.54) is 34.4 Å². The van der Waals surface area contributed by atoms with Crippen molar-refractivity contribution in [1.82, 2.24) is 10.3 Å². The van der Waals surface area contributed by atoms with Gasteiger partial charge in [-0.15, -0.1) is 0 Å². The van der Waals surface area contributed by atoms with Gasteiger partial charge in [-0.2, -0.15) is 0 Å². The Bertz CT molecular complexity index is 1090. The highest BCUT2D eigenvalue weighted by Gasteiger charge is 2.23. The van der Waals surface area contributed by atoms with Crippen molar-refractivity contribution in [3.8, 4) is 5.75 Å². The Balaban J connectivity index is 1.40. The number of phenols is 1. The molecule has 158 valence electrons. The Morgan fingerprint density at radius 1 is 1.07 bits per heavy atom. The largest absolute Gasteiger partial charge is 0.506 e. The molecule has 0 aliphatic heterocycles. The number of hydrogen-bond acceptors (Lipinski definition) is 4. The molecular weight excluding hydrogens is 376 g/mol. The van der Waals surface area contributed by atoms with Crippen molar-refractivity contribution in [3.63, 3.8) is 0 Å². The summed E-state index contributed by atoms with van der Waals surface area (Å²) in [6.45, 7) is 5.71. The average molecular weight is 407 g/mol. The van der Waals surface area contributed by atoms with E-state index < -0.39 is 6.10 Å². The average Bonchev–Trinajstić information content (AvgIpc) is 3.14. The lowest BCUT2D eigenvalue weighted by atomic mass is 9.97. The van der Waals surface area contributed by atoms with Crippen LogP contribution in [0.3, 0.4) is 0 Å². The van der Waals surface area contributed by atoms with Gasteiger partial charge in [0.15, 0.2) is 0 Å². The number of aliphatic hydroxyl groups is 1. The number of aromatic amines is 1. The van der Waals surface area contributed by atoms with E-state index in [2.05, 4.69) is 36.3 Å². The SMILES string of the molecule is CCc1cc2c(cc1CC)CC(CNC[C@H](O)c1ccc(O)c3[nH]c(=O)ccc13)C2. The van der Waals surface area contributed by atoms with Crippen molar-refractivity contribution in [2.24, 2.45) is 5.92 Å². The molecule has 0 fully saturated rings. The van der Waals surface area contributed by atoms with Crippen LogP contribution in [0.25, 0.3) is 10.9 Å². The molecule has 4 N–H and O–H groups in total. The maximum Gasteiger partial charge on any atom is 0.248 e. The molecule has 0 spiro atoms. The van der Waals surface area contributed by atoms with Gasteiger partial charge in [-0.05, 0) is 78.1 Å². The highest BCUT2D eigenvalue weighted by Crippen LogP contribution is 2.31. The van der Waals surface area contributed by atoms with Gasteiger partial charge in [0.2, 0.25) is 5.56 Å². The minimum atomic E-state index is -0.721. The first-order valence-electron chi connectivity index (χ1n) is 10.9. The van der Waals surface area contributed by atoms with E-state index >= 15 is 0 Å². The van der Waals surface area contributed by atoms with Crippen LogP contribution in [0, 0.1) is 5.92 Å². The van der Waals surface area contributed by atoms with Crippen LogP contribution in [0.4, 0.5) is 0 Å². The van der Waals surface area contributed by atoms with Gasteiger partial charge in [0.05, 0.1) is 11.6 Å². The van der Waals surface area contributed by atoms with E-state index in [9.17, 15) is 15.0 Å². The number of pyridine rings is 1. The van der Waals surface area contributed by atoms with Crippen LogP contribution >= 0.6 is 0 Å². The van der Waals surface area contributed by atoms with Crippen molar-refractivity contribution < 1.29 is 10.2 Å². The van der Waals surface area contributed by atoms with Crippen molar-refractivity contribution in [2.45, 2.75) is 45.6 Å². The van der Waals surface area contributed by atoms with Crippen LogP contribution in [-0.4, -0.2) is 28.3 Å². The van der Waals surface area contributed by atoms with Gasteiger partial charge in [0.1, 0.15) is 5.75 Å². The molecule has 2 aromatic carbocycles. The van der Waals surface area contributed by atoms with Crippen LogP contribution in [0.2, 0.25) is 0 Å². The molecule has 3 aromatic rings.